The zero-order valence-electron chi connectivity index (χ0n) is 16.1. The molecule has 1 aliphatic carbocycles. The highest BCUT2D eigenvalue weighted by atomic mass is 19.4. The van der Waals surface area contributed by atoms with Gasteiger partial charge in [0.15, 0.2) is 5.69 Å². The molecule has 158 valence electrons. The molecule has 30 heavy (non-hydrogen) atoms. The number of nitriles is 1. The number of alkyl halides is 3. The maximum Gasteiger partial charge on any atom is 0.434 e. The van der Waals surface area contributed by atoms with E-state index in [1.165, 1.54) is 31.2 Å². The van der Waals surface area contributed by atoms with Crippen LogP contribution in [0.1, 0.15) is 48.7 Å². The summed E-state index contributed by atoms with van der Waals surface area (Å²) in [4.78, 5) is 24.5. The molecule has 0 bridgehead atoms. The van der Waals surface area contributed by atoms with Crippen LogP contribution in [-0.2, 0) is 15.7 Å². The Morgan fingerprint density at radius 2 is 2.03 bits per heavy atom. The zero-order valence-corrected chi connectivity index (χ0v) is 16.1. The van der Waals surface area contributed by atoms with Crippen LogP contribution in [0.25, 0.3) is 5.69 Å². The Labute approximate surface area is 170 Å². The third kappa shape index (κ3) is 4.01. The molecule has 1 N–H and O–H groups in total. The number of amides is 1. The van der Waals surface area contributed by atoms with E-state index in [0.29, 0.717) is 17.5 Å². The van der Waals surface area contributed by atoms with Gasteiger partial charge in [-0.3, -0.25) is 4.79 Å². The Balaban J connectivity index is 1.96. The van der Waals surface area contributed by atoms with Crippen LogP contribution >= 0.6 is 0 Å². The number of benzene rings is 1. The van der Waals surface area contributed by atoms with Gasteiger partial charge in [0.05, 0.1) is 24.6 Å². The molecular weight excluding hydrogens is 401 g/mol. The van der Waals surface area contributed by atoms with Gasteiger partial charge >= 0.3 is 12.1 Å². The lowest BCUT2D eigenvalue weighted by Crippen LogP contribution is -2.32. The van der Waals surface area contributed by atoms with E-state index in [-0.39, 0.29) is 18.0 Å². The first-order valence-electron chi connectivity index (χ1n) is 9.37. The highest BCUT2D eigenvalue weighted by molar-refractivity contribution is 5.97. The summed E-state index contributed by atoms with van der Waals surface area (Å²) < 4.78 is 46.3. The van der Waals surface area contributed by atoms with Crippen LogP contribution < -0.4 is 5.32 Å². The molecule has 1 amide bonds. The normalized spacial score (nSPS) is 15.4. The predicted molar refractivity (Wildman–Crippen MR) is 99.7 cm³/mol. The number of carbonyl (C=O) groups excluding carboxylic acids is 2. The van der Waals surface area contributed by atoms with Gasteiger partial charge in [-0.1, -0.05) is 18.9 Å². The highest BCUT2D eigenvalue weighted by Crippen LogP contribution is 2.39. The predicted octanol–water partition coefficient (Wildman–Crippen LogP) is 4.09. The van der Waals surface area contributed by atoms with Crippen molar-refractivity contribution in [1.82, 2.24) is 9.78 Å². The fourth-order valence-electron chi connectivity index (χ4n) is 3.51. The molecule has 1 aromatic carbocycles. The zero-order chi connectivity index (χ0) is 21.9. The quantitative estimate of drug-likeness (QED) is 0.735. The molecule has 1 saturated carbocycles. The maximum atomic E-state index is 13.7. The molecule has 10 heteroatoms. The number of nitrogens with one attached hydrogen (secondary N) is 1. The SMILES string of the molecule is CCOC(=O)c1cnn(-c2cccc(NC(=O)C3(C#N)CCCC3)c2)c1C(F)(F)F. The van der Waals surface area contributed by atoms with E-state index in [0.717, 1.165) is 19.0 Å². The number of esters is 1. The molecule has 1 heterocycles. The molecule has 0 aliphatic heterocycles. The minimum Gasteiger partial charge on any atom is -0.462 e. The topological polar surface area (TPSA) is 97.0 Å². The Morgan fingerprint density at radius 1 is 1.33 bits per heavy atom. The van der Waals surface area contributed by atoms with E-state index >= 15 is 0 Å². The van der Waals surface area contributed by atoms with Gasteiger partial charge in [0.1, 0.15) is 11.0 Å². The summed E-state index contributed by atoms with van der Waals surface area (Å²) in [6, 6.07) is 7.69. The van der Waals surface area contributed by atoms with Gasteiger partial charge in [-0.05, 0) is 38.0 Å². The van der Waals surface area contributed by atoms with E-state index in [2.05, 4.69) is 21.2 Å². The van der Waals surface area contributed by atoms with Crippen LogP contribution in [0.15, 0.2) is 30.5 Å². The van der Waals surface area contributed by atoms with Gasteiger partial charge in [0.25, 0.3) is 0 Å². The number of hydrogen-bond acceptors (Lipinski definition) is 5. The summed E-state index contributed by atoms with van der Waals surface area (Å²) >= 11 is 0. The van der Waals surface area contributed by atoms with Gasteiger partial charge in [0.2, 0.25) is 5.91 Å². The monoisotopic (exact) mass is 420 g/mol. The van der Waals surface area contributed by atoms with E-state index < -0.39 is 34.7 Å². The average molecular weight is 420 g/mol. The van der Waals surface area contributed by atoms with Crippen LogP contribution in [0.5, 0.6) is 0 Å². The lowest BCUT2D eigenvalue weighted by atomic mass is 9.87. The van der Waals surface area contributed by atoms with Crippen LogP contribution in [0, 0.1) is 16.7 Å². The first-order chi connectivity index (χ1) is 14.2. The molecule has 1 fully saturated rings. The third-order valence-electron chi connectivity index (χ3n) is 4.99. The third-order valence-corrected chi connectivity index (χ3v) is 4.99. The highest BCUT2D eigenvalue weighted by Gasteiger charge is 2.42. The molecule has 2 aromatic rings. The molecule has 1 aromatic heterocycles. The minimum absolute atomic E-state index is 0.00639. The summed E-state index contributed by atoms with van der Waals surface area (Å²) in [6.07, 6.45) is -1.66. The molecule has 0 spiro atoms. The van der Waals surface area contributed by atoms with Crippen LogP contribution in [0.3, 0.4) is 0 Å². The van der Waals surface area contributed by atoms with Gasteiger partial charge in [-0.2, -0.15) is 23.5 Å². The molecule has 7 nitrogen and oxygen atoms in total. The molecule has 0 unspecified atom stereocenters. The smallest absolute Gasteiger partial charge is 0.434 e. The second kappa shape index (κ2) is 8.18. The van der Waals surface area contributed by atoms with E-state index in [9.17, 15) is 28.0 Å². The number of rotatable bonds is 5. The fraction of sp³-hybridized carbons (Fsp3) is 0.400. The molecule has 0 radical (unpaired) electrons. The van der Waals surface area contributed by atoms with Crippen molar-refractivity contribution in [1.29, 1.82) is 5.26 Å². The number of aromatic nitrogens is 2. The number of anilines is 1. The molecule has 1 aliphatic rings. The second-order valence-electron chi connectivity index (χ2n) is 6.94. The number of hydrogen-bond donors (Lipinski definition) is 1. The minimum atomic E-state index is -4.87. The van der Waals surface area contributed by atoms with Crippen molar-refractivity contribution < 1.29 is 27.5 Å². The fourth-order valence-corrected chi connectivity index (χ4v) is 3.51. The van der Waals surface area contributed by atoms with Crippen molar-refractivity contribution in [3.8, 4) is 11.8 Å². The number of halogens is 3. The van der Waals surface area contributed by atoms with Gasteiger partial charge in [0, 0.05) is 5.69 Å². The number of carbonyl (C=O) groups is 2. The molecule has 0 saturated heterocycles. The average Bonchev–Trinajstić information content (AvgIpc) is 3.36. The van der Waals surface area contributed by atoms with Gasteiger partial charge in [-0.25, -0.2) is 9.48 Å². The summed E-state index contributed by atoms with van der Waals surface area (Å²) in [5.41, 5.74) is -2.88. The maximum absolute atomic E-state index is 13.7. The Hall–Kier alpha value is -3.35. The van der Waals surface area contributed by atoms with Crippen molar-refractivity contribution in [2.75, 3.05) is 11.9 Å². The van der Waals surface area contributed by atoms with Crippen LogP contribution in [-0.4, -0.2) is 28.3 Å². The van der Waals surface area contributed by atoms with E-state index in [1.54, 1.807) is 0 Å². The summed E-state index contributed by atoms with van der Waals surface area (Å²) in [7, 11) is 0. The summed E-state index contributed by atoms with van der Waals surface area (Å²) in [6.45, 7) is 1.41. The van der Waals surface area contributed by atoms with E-state index in [1.807, 2.05) is 0 Å². The standard InChI is InChI=1S/C20H19F3N4O3/c1-2-30-17(28)15-11-25-27(16(15)20(21,22)23)14-7-5-6-13(10-14)26-18(29)19(12-24)8-3-4-9-19/h5-7,10-11H,2-4,8-9H2,1H3,(H,26,29). The summed E-state index contributed by atoms with van der Waals surface area (Å²) in [5, 5.41) is 15.8. The van der Waals surface area contributed by atoms with Crippen molar-refractivity contribution in [3.63, 3.8) is 0 Å². The number of nitrogens with zero attached hydrogens (tertiary/aromatic N) is 3. The van der Waals surface area contributed by atoms with E-state index in [4.69, 9.17) is 0 Å². The van der Waals surface area contributed by atoms with Crippen LogP contribution in [0.2, 0.25) is 0 Å². The van der Waals surface area contributed by atoms with Crippen molar-refractivity contribution in [2.45, 2.75) is 38.8 Å². The first kappa shape index (κ1) is 21.4. The summed E-state index contributed by atoms with van der Waals surface area (Å²) in [5.74, 6) is -1.61. The van der Waals surface area contributed by atoms with Gasteiger partial charge in [-0.15, -0.1) is 0 Å². The van der Waals surface area contributed by atoms with Crippen molar-refractivity contribution >= 4 is 17.6 Å². The van der Waals surface area contributed by atoms with Crippen molar-refractivity contribution in [3.05, 3.63) is 41.7 Å². The van der Waals surface area contributed by atoms with Gasteiger partial charge < -0.3 is 10.1 Å². The van der Waals surface area contributed by atoms with Crippen molar-refractivity contribution in [2.24, 2.45) is 5.41 Å². The molecule has 0 atom stereocenters. The first-order valence-corrected chi connectivity index (χ1v) is 9.37. The Kier molecular flexibility index (Phi) is 5.82. The van der Waals surface area contributed by atoms with Crippen LogP contribution in [0.4, 0.5) is 18.9 Å². The Bertz CT molecular complexity index is 1000. The Morgan fingerprint density at radius 3 is 2.63 bits per heavy atom. The lowest BCUT2D eigenvalue weighted by Gasteiger charge is -2.19. The number of ether oxygens (including phenoxy) is 1. The lowest BCUT2D eigenvalue weighted by molar-refractivity contribution is -0.143. The molecular formula is C20H19F3N4O3. The second-order valence-corrected chi connectivity index (χ2v) is 6.94. The largest absolute Gasteiger partial charge is 0.462 e. The molecule has 3 rings (SSSR count).